The number of nitrogens with one attached hydrogen (secondary N) is 1. The van der Waals surface area contributed by atoms with E-state index in [4.69, 9.17) is 9.84 Å². The fourth-order valence-electron chi connectivity index (χ4n) is 3.90. The molecule has 0 saturated carbocycles. The van der Waals surface area contributed by atoms with E-state index >= 15 is 0 Å². The highest BCUT2D eigenvalue weighted by Crippen LogP contribution is 2.49. The van der Waals surface area contributed by atoms with Crippen LogP contribution in [0.2, 0.25) is 0 Å². The molecule has 4 rings (SSSR count). The van der Waals surface area contributed by atoms with Gasteiger partial charge in [-0.1, -0.05) is 12.1 Å². The average molecular weight is 334 g/mol. The van der Waals surface area contributed by atoms with Gasteiger partial charge < -0.3 is 15.2 Å². The maximum Gasteiger partial charge on any atom is 0.335 e. The van der Waals surface area contributed by atoms with Crippen molar-refractivity contribution in [3.63, 3.8) is 0 Å². The number of nitriles is 1. The predicted molar refractivity (Wildman–Crippen MR) is 92.3 cm³/mol. The summed E-state index contributed by atoms with van der Waals surface area (Å²) >= 11 is 0. The highest BCUT2D eigenvalue weighted by molar-refractivity contribution is 5.87. The lowest BCUT2D eigenvalue weighted by Crippen LogP contribution is -2.36. The fourth-order valence-corrected chi connectivity index (χ4v) is 3.90. The number of carbonyl (C=O) groups is 1. The molecule has 0 aromatic heterocycles. The van der Waals surface area contributed by atoms with Gasteiger partial charge in [-0.15, -0.1) is 0 Å². The van der Waals surface area contributed by atoms with E-state index in [1.165, 1.54) is 0 Å². The second-order valence-electron chi connectivity index (χ2n) is 6.56. The standard InChI is InChI=1S/C20H18N2O3/c21-11-12-3-8-17-16(10-12)19-15(2-1-9-25-19)18(22-17)13-4-6-14(7-5-13)20(23)24/h3-8,10,15,18-19,22H,1-2,9H2,(H,23,24)/t15-,18+,19+/m0/s1. The van der Waals surface area contributed by atoms with Gasteiger partial charge in [-0.3, -0.25) is 0 Å². The molecule has 3 atom stereocenters. The molecule has 5 nitrogen and oxygen atoms in total. The number of rotatable bonds is 2. The lowest BCUT2D eigenvalue weighted by molar-refractivity contribution is -0.0381. The van der Waals surface area contributed by atoms with Crippen molar-refractivity contribution in [1.29, 1.82) is 5.26 Å². The van der Waals surface area contributed by atoms with Crippen LogP contribution in [-0.4, -0.2) is 17.7 Å². The van der Waals surface area contributed by atoms with Gasteiger partial charge in [0.15, 0.2) is 0 Å². The molecule has 126 valence electrons. The smallest absolute Gasteiger partial charge is 0.335 e. The topological polar surface area (TPSA) is 82.3 Å². The highest BCUT2D eigenvalue weighted by atomic mass is 16.5. The molecule has 5 heteroatoms. The van der Waals surface area contributed by atoms with Crippen molar-refractivity contribution in [3.8, 4) is 6.07 Å². The second-order valence-corrected chi connectivity index (χ2v) is 6.56. The molecule has 1 fully saturated rings. The summed E-state index contributed by atoms with van der Waals surface area (Å²) in [6.07, 6.45) is 1.99. The van der Waals surface area contributed by atoms with Gasteiger partial charge in [0.25, 0.3) is 0 Å². The van der Waals surface area contributed by atoms with E-state index in [1.54, 1.807) is 18.2 Å². The summed E-state index contributed by atoms with van der Waals surface area (Å²) in [4.78, 5) is 11.1. The number of hydrogen-bond donors (Lipinski definition) is 2. The third kappa shape index (κ3) is 2.75. The number of benzene rings is 2. The Kier molecular flexibility index (Phi) is 3.90. The molecule has 0 bridgehead atoms. The van der Waals surface area contributed by atoms with Crippen LogP contribution in [0.15, 0.2) is 42.5 Å². The molecule has 2 aromatic carbocycles. The van der Waals surface area contributed by atoms with Crippen LogP contribution in [0.1, 0.15) is 52.0 Å². The normalized spacial score (nSPS) is 24.4. The molecule has 2 aliphatic heterocycles. The van der Waals surface area contributed by atoms with Gasteiger partial charge in [0.2, 0.25) is 0 Å². The zero-order valence-electron chi connectivity index (χ0n) is 13.6. The van der Waals surface area contributed by atoms with Gasteiger partial charge in [-0.05, 0) is 48.7 Å². The molecule has 2 aromatic rings. The lowest BCUT2D eigenvalue weighted by Gasteiger charge is -2.43. The zero-order valence-corrected chi connectivity index (χ0v) is 13.6. The number of nitrogens with zero attached hydrogens (tertiary/aromatic N) is 1. The Bertz CT molecular complexity index is 854. The fraction of sp³-hybridized carbons (Fsp3) is 0.300. The second kappa shape index (κ2) is 6.23. The number of fused-ring (bicyclic) bond motifs is 3. The number of carboxylic acids is 1. The first-order valence-corrected chi connectivity index (χ1v) is 8.43. The Morgan fingerprint density at radius 3 is 2.76 bits per heavy atom. The molecule has 2 heterocycles. The van der Waals surface area contributed by atoms with Crippen molar-refractivity contribution in [2.45, 2.75) is 25.0 Å². The summed E-state index contributed by atoms with van der Waals surface area (Å²) in [5.74, 6) is -0.665. The maximum atomic E-state index is 11.1. The summed E-state index contributed by atoms with van der Waals surface area (Å²) in [5.41, 5.74) is 4.00. The van der Waals surface area contributed by atoms with E-state index < -0.39 is 5.97 Å². The van der Waals surface area contributed by atoms with Crippen LogP contribution in [0.25, 0.3) is 0 Å². The monoisotopic (exact) mass is 334 g/mol. The highest BCUT2D eigenvalue weighted by Gasteiger charge is 2.39. The summed E-state index contributed by atoms with van der Waals surface area (Å²) in [5, 5.41) is 21.8. The minimum Gasteiger partial charge on any atom is -0.478 e. The van der Waals surface area contributed by atoms with Crippen LogP contribution in [0.3, 0.4) is 0 Å². The van der Waals surface area contributed by atoms with Gasteiger partial charge >= 0.3 is 5.97 Å². The molecule has 25 heavy (non-hydrogen) atoms. The number of hydrogen-bond acceptors (Lipinski definition) is 4. The third-order valence-corrected chi connectivity index (χ3v) is 5.11. The van der Waals surface area contributed by atoms with Gasteiger partial charge in [0.05, 0.1) is 29.3 Å². The Balaban J connectivity index is 1.73. The van der Waals surface area contributed by atoms with E-state index in [9.17, 15) is 10.1 Å². The summed E-state index contributed by atoms with van der Waals surface area (Å²) in [7, 11) is 0. The predicted octanol–water partition coefficient (Wildman–Crippen LogP) is 3.89. The molecular weight excluding hydrogens is 316 g/mol. The largest absolute Gasteiger partial charge is 0.478 e. The summed E-state index contributed by atoms with van der Waals surface area (Å²) in [6, 6.07) is 14.9. The molecule has 0 spiro atoms. The first-order valence-electron chi connectivity index (χ1n) is 8.43. The molecule has 0 radical (unpaired) electrons. The van der Waals surface area contributed by atoms with E-state index in [0.717, 1.165) is 36.3 Å². The number of carboxylic acid groups (broad SMARTS) is 1. The third-order valence-electron chi connectivity index (χ3n) is 5.11. The zero-order chi connectivity index (χ0) is 17.4. The molecule has 2 N–H and O–H groups in total. The van der Waals surface area contributed by atoms with Crippen molar-refractivity contribution in [1.82, 2.24) is 0 Å². The molecule has 0 aliphatic carbocycles. The van der Waals surface area contributed by atoms with Crippen LogP contribution in [0.5, 0.6) is 0 Å². The van der Waals surface area contributed by atoms with Gasteiger partial charge in [0.1, 0.15) is 0 Å². The number of aromatic carboxylic acids is 1. The van der Waals surface area contributed by atoms with Crippen LogP contribution in [-0.2, 0) is 4.74 Å². The van der Waals surface area contributed by atoms with Crippen LogP contribution in [0, 0.1) is 17.2 Å². The van der Waals surface area contributed by atoms with Gasteiger partial charge in [0, 0.05) is 23.8 Å². The average Bonchev–Trinajstić information content (AvgIpc) is 2.67. The van der Waals surface area contributed by atoms with Crippen LogP contribution < -0.4 is 5.32 Å². The molecule has 2 aliphatic rings. The molecule has 0 amide bonds. The Morgan fingerprint density at radius 2 is 2.04 bits per heavy atom. The molecule has 0 unspecified atom stereocenters. The van der Waals surface area contributed by atoms with E-state index in [0.29, 0.717) is 5.56 Å². The molecular formula is C20H18N2O3. The first-order chi connectivity index (χ1) is 12.2. The minimum absolute atomic E-state index is 0.0394. The maximum absolute atomic E-state index is 11.1. The Hall–Kier alpha value is -2.84. The molecule has 1 saturated heterocycles. The Morgan fingerprint density at radius 1 is 1.24 bits per heavy atom. The van der Waals surface area contributed by atoms with E-state index in [1.807, 2.05) is 24.3 Å². The van der Waals surface area contributed by atoms with E-state index in [-0.39, 0.29) is 23.6 Å². The van der Waals surface area contributed by atoms with Crippen LogP contribution in [0.4, 0.5) is 5.69 Å². The quantitative estimate of drug-likeness (QED) is 0.870. The van der Waals surface area contributed by atoms with Crippen molar-refractivity contribution >= 4 is 11.7 Å². The number of anilines is 1. The summed E-state index contributed by atoms with van der Waals surface area (Å²) in [6.45, 7) is 0.724. The minimum atomic E-state index is -0.920. The van der Waals surface area contributed by atoms with Crippen molar-refractivity contribution in [3.05, 3.63) is 64.7 Å². The SMILES string of the molecule is N#Cc1ccc2c(c1)[C@@H]1OCCC[C@H]1[C@@H](c1ccc(C(=O)O)cc1)N2. The Labute approximate surface area is 145 Å². The van der Waals surface area contributed by atoms with Crippen molar-refractivity contribution < 1.29 is 14.6 Å². The lowest BCUT2D eigenvalue weighted by atomic mass is 9.77. The number of ether oxygens (including phenoxy) is 1. The van der Waals surface area contributed by atoms with E-state index in [2.05, 4.69) is 11.4 Å². The van der Waals surface area contributed by atoms with Crippen molar-refractivity contribution in [2.75, 3.05) is 11.9 Å². The first kappa shape index (κ1) is 15.7. The van der Waals surface area contributed by atoms with Gasteiger partial charge in [-0.2, -0.15) is 5.26 Å². The van der Waals surface area contributed by atoms with Crippen LogP contribution >= 0.6 is 0 Å². The summed E-state index contributed by atoms with van der Waals surface area (Å²) < 4.78 is 6.08. The van der Waals surface area contributed by atoms with Crippen molar-refractivity contribution in [2.24, 2.45) is 5.92 Å². The van der Waals surface area contributed by atoms with Gasteiger partial charge in [-0.25, -0.2) is 4.79 Å².